The molecule has 3 amide bonds. The Balaban J connectivity index is 2.53. The first kappa shape index (κ1) is 37.5. The average Bonchev–Trinajstić information content (AvgIpc) is 3.07. The van der Waals surface area contributed by atoms with Gasteiger partial charge in [-0.2, -0.15) is 5.10 Å². The number of nitrogens with zero attached hydrogens (tertiary/aromatic N) is 2. The molecule has 0 aromatic heterocycles. The van der Waals surface area contributed by atoms with E-state index in [2.05, 4.69) is 21.2 Å². The van der Waals surface area contributed by atoms with Crippen LogP contribution in [0.15, 0.2) is 41.5 Å². The van der Waals surface area contributed by atoms with Gasteiger partial charge in [0.25, 0.3) is 0 Å². The predicted molar refractivity (Wildman–Crippen MR) is 175 cm³/mol. The van der Waals surface area contributed by atoms with Crippen LogP contribution < -0.4 is 48.7 Å². The third kappa shape index (κ3) is 10.7. The summed E-state index contributed by atoms with van der Waals surface area (Å²) in [6, 6.07) is 10.9. The second-order valence-corrected chi connectivity index (χ2v) is 10.5. The number of ketones is 1. The molecule has 15 heteroatoms. The summed E-state index contributed by atoms with van der Waals surface area (Å²) in [6.45, 7) is 4.54. The molecule has 2 aromatic carbocycles. The Morgan fingerprint density at radius 3 is 2.20 bits per heavy atom. The Bertz CT molecular complexity index is 1350. The zero-order valence-corrected chi connectivity index (χ0v) is 26.7. The van der Waals surface area contributed by atoms with Crippen LogP contribution in [0.2, 0.25) is 0 Å². The largest absolute Gasteiger partial charge is 0.492 e. The molecule has 2 rings (SSSR count). The van der Waals surface area contributed by atoms with Gasteiger partial charge < -0.3 is 47.7 Å². The van der Waals surface area contributed by atoms with Crippen molar-refractivity contribution in [3.05, 3.63) is 47.5 Å². The van der Waals surface area contributed by atoms with Crippen LogP contribution in [0, 0.1) is 5.92 Å². The maximum absolute atomic E-state index is 13.2. The topological polar surface area (TPSA) is 243 Å². The molecule has 0 bridgehead atoms. The van der Waals surface area contributed by atoms with Gasteiger partial charge in [0.1, 0.15) is 24.7 Å². The van der Waals surface area contributed by atoms with E-state index < -0.39 is 11.7 Å². The van der Waals surface area contributed by atoms with Gasteiger partial charge >= 0.3 is 0 Å². The maximum atomic E-state index is 13.2. The molecule has 0 saturated carbocycles. The lowest BCUT2D eigenvalue weighted by Gasteiger charge is -2.26. The van der Waals surface area contributed by atoms with Crippen LogP contribution in [0.1, 0.15) is 43.9 Å². The molecule has 11 N–H and O–H groups in total. The van der Waals surface area contributed by atoms with E-state index >= 15 is 0 Å². The van der Waals surface area contributed by atoms with Crippen molar-refractivity contribution in [1.29, 1.82) is 0 Å². The molecule has 252 valence electrons. The van der Waals surface area contributed by atoms with Gasteiger partial charge in [0.15, 0.2) is 0 Å². The number of amides is 3. The van der Waals surface area contributed by atoms with Gasteiger partial charge in [0.2, 0.25) is 29.8 Å². The predicted octanol–water partition coefficient (Wildman–Crippen LogP) is -0.326. The number of hydrazone groups is 1. The fourth-order valence-electron chi connectivity index (χ4n) is 4.76. The Kier molecular flexibility index (Phi) is 16.0. The highest BCUT2D eigenvalue weighted by Gasteiger charge is 2.23. The lowest BCUT2D eigenvalue weighted by molar-refractivity contribution is -0.131. The van der Waals surface area contributed by atoms with Crippen LogP contribution in [0.3, 0.4) is 0 Å². The number of likely N-dealkylation sites (N-methyl/N-ethyl adjacent to an activating group) is 1. The number of rotatable bonds is 20. The highest BCUT2D eigenvalue weighted by molar-refractivity contribution is 6.39. The van der Waals surface area contributed by atoms with Crippen molar-refractivity contribution >= 4 is 29.8 Å². The summed E-state index contributed by atoms with van der Waals surface area (Å²) in [5, 5.41) is 8.34. The fraction of sp³-hybridized carbons (Fsp3) is 0.452. The SMILES string of the molecule is CCCC(Cc1ccc(OCCN)c(-c2cc(C(C)N(C)C(=O)CNC=O)ccc2OCCN)c1)C(=O)NCC(=O)C(=NN)NN. The molecule has 0 saturated heterocycles. The van der Waals surface area contributed by atoms with Crippen molar-refractivity contribution in [3.8, 4) is 22.6 Å². The molecular weight excluding hydrogens is 594 g/mol. The van der Waals surface area contributed by atoms with Gasteiger partial charge in [-0.15, -0.1) is 0 Å². The van der Waals surface area contributed by atoms with Gasteiger partial charge in [-0.1, -0.05) is 25.5 Å². The van der Waals surface area contributed by atoms with Crippen LogP contribution in [-0.2, 0) is 25.6 Å². The molecule has 2 aromatic rings. The number of hydrazine groups is 1. The van der Waals surface area contributed by atoms with Gasteiger partial charge in [-0.3, -0.25) is 19.2 Å². The summed E-state index contributed by atoms with van der Waals surface area (Å²) in [6.07, 6.45) is 2.17. The van der Waals surface area contributed by atoms with Gasteiger partial charge in [-0.05, 0) is 55.2 Å². The van der Waals surface area contributed by atoms with Crippen molar-refractivity contribution < 1.29 is 28.7 Å². The molecule has 15 nitrogen and oxygen atoms in total. The van der Waals surface area contributed by atoms with Crippen molar-refractivity contribution in [2.75, 3.05) is 46.4 Å². The van der Waals surface area contributed by atoms with E-state index in [0.717, 1.165) is 17.5 Å². The summed E-state index contributed by atoms with van der Waals surface area (Å²) in [5.41, 5.74) is 16.7. The van der Waals surface area contributed by atoms with E-state index in [9.17, 15) is 19.2 Å². The van der Waals surface area contributed by atoms with E-state index in [1.807, 2.05) is 50.2 Å². The van der Waals surface area contributed by atoms with Crippen LogP contribution in [0.25, 0.3) is 11.1 Å². The Morgan fingerprint density at radius 1 is 1.00 bits per heavy atom. The van der Waals surface area contributed by atoms with E-state index in [1.165, 1.54) is 0 Å². The van der Waals surface area contributed by atoms with Crippen molar-refractivity contribution in [3.63, 3.8) is 0 Å². The zero-order valence-electron chi connectivity index (χ0n) is 26.7. The lowest BCUT2D eigenvalue weighted by atomic mass is 9.91. The number of hydrogen-bond acceptors (Lipinski definition) is 11. The highest BCUT2D eigenvalue weighted by Crippen LogP contribution is 2.40. The first-order valence-corrected chi connectivity index (χ1v) is 15.1. The smallest absolute Gasteiger partial charge is 0.242 e. The summed E-state index contributed by atoms with van der Waals surface area (Å²) >= 11 is 0. The van der Waals surface area contributed by atoms with Gasteiger partial charge in [0.05, 0.1) is 19.1 Å². The number of carbonyl (C=O) groups is 4. The highest BCUT2D eigenvalue weighted by atomic mass is 16.5. The molecule has 0 aliphatic heterocycles. The maximum Gasteiger partial charge on any atom is 0.242 e. The second-order valence-electron chi connectivity index (χ2n) is 10.5. The Hall–Kier alpha value is -4.73. The molecular formula is C31H47N9O6. The van der Waals surface area contributed by atoms with E-state index in [0.29, 0.717) is 55.0 Å². The lowest BCUT2D eigenvalue weighted by Crippen LogP contribution is -2.44. The van der Waals surface area contributed by atoms with Crippen LogP contribution in [0.5, 0.6) is 11.5 Å². The van der Waals surface area contributed by atoms with Crippen LogP contribution >= 0.6 is 0 Å². The number of amidine groups is 1. The minimum absolute atomic E-state index is 0.125. The van der Waals surface area contributed by atoms with E-state index in [4.69, 9.17) is 32.6 Å². The number of ether oxygens (including phenoxy) is 2. The number of benzene rings is 2. The fourth-order valence-corrected chi connectivity index (χ4v) is 4.76. The summed E-state index contributed by atoms with van der Waals surface area (Å²) in [5.74, 6) is 9.73. The van der Waals surface area contributed by atoms with Crippen molar-refractivity contribution in [2.45, 2.75) is 39.2 Å². The minimum Gasteiger partial charge on any atom is -0.492 e. The summed E-state index contributed by atoms with van der Waals surface area (Å²) < 4.78 is 12.1. The molecule has 2 unspecified atom stereocenters. The molecule has 46 heavy (non-hydrogen) atoms. The Labute approximate surface area is 269 Å². The van der Waals surface area contributed by atoms with Crippen LogP contribution in [0.4, 0.5) is 0 Å². The first-order valence-electron chi connectivity index (χ1n) is 15.1. The average molecular weight is 642 g/mol. The second kappa shape index (κ2) is 19.6. The van der Waals surface area contributed by atoms with Crippen molar-refractivity contribution in [1.82, 2.24) is 21.0 Å². The van der Waals surface area contributed by atoms with Crippen molar-refractivity contribution in [2.24, 2.45) is 34.2 Å². The monoisotopic (exact) mass is 641 g/mol. The molecule has 0 aliphatic rings. The third-order valence-electron chi connectivity index (χ3n) is 7.33. The summed E-state index contributed by atoms with van der Waals surface area (Å²) in [7, 11) is 1.66. The number of carbonyl (C=O) groups excluding carboxylic acids is 4. The first-order chi connectivity index (χ1) is 22.1. The molecule has 2 atom stereocenters. The number of hydrogen-bond donors (Lipinski definition) is 7. The summed E-state index contributed by atoms with van der Waals surface area (Å²) in [4.78, 5) is 50.3. The minimum atomic E-state index is -0.552. The normalized spacial score (nSPS) is 12.4. The quantitative estimate of drug-likeness (QED) is 0.0325. The zero-order chi connectivity index (χ0) is 34.1. The molecule has 0 aliphatic carbocycles. The molecule has 0 fully saturated rings. The third-order valence-corrected chi connectivity index (χ3v) is 7.33. The Morgan fingerprint density at radius 2 is 1.63 bits per heavy atom. The molecule has 0 heterocycles. The standard InChI is InChI=1S/C31H47N9O6/c1-4-5-23(31(44)37-17-26(42)30(38-34)39-35)14-21-6-8-27(45-12-10-32)24(15-21)25-16-22(7-9-28(25)46-13-11-33)20(2)40(3)29(43)18-36-19-41/h6-9,15-16,19-20,23H,4-5,10-14,17-18,32-35H2,1-3H3,(H,36,41)(H,37,44)(H,38,39). The number of Topliss-reactive ketones (excluding diaryl/α,β-unsaturated/α-hetero) is 1. The van der Waals surface area contributed by atoms with E-state index in [-0.39, 0.29) is 50.0 Å². The van der Waals surface area contributed by atoms with Gasteiger partial charge in [0, 0.05) is 37.2 Å². The van der Waals surface area contributed by atoms with Gasteiger partial charge in [-0.25, -0.2) is 5.84 Å². The molecule has 0 spiro atoms. The van der Waals surface area contributed by atoms with Crippen LogP contribution in [-0.4, -0.2) is 81.2 Å². The molecule has 0 radical (unpaired) electrons. The number of nitrogens with two attached hydrogens (primary N) is 4. The van der Waals surface area contributed by atoms with E-state index in [1.54, 1.807) is 11.9 Å². The number of nitrogens with one attached hydrogen (secondary N) is 3.